The largest absolute Gasteiger partial charge is 0.377 e. The van der Waals surface area contributed by atoms with E-state index in [1.54, 1.807) is 0 Å². The van der Waals surface area contributed by atoms with E-state index >= 15 is 0 Å². The highest BCUT2D eigenvalue weighted by Crippen LogP contribution is 2.10. The van der Waals surface area contributed by atoms with Gasteiger partial charge in [0, 0.05) is 32.3 Å². The minimum Gasteiger partial charge on any atom is -0.377 e. The Morgan fingerprint density at radius 1 is 1.53 bits per heavy atom. The van der Waals surface area contributed by atoms with Crippen LogP contribution in [0.25, 0.3) is 0 Å². The molecule has 1 N–H and O–H groups in total. The maximum Gasteiger partial charge on any atom is 0.0700 e. The average Bonchev–Trinajstić information content (AvgIpc) is 2.75. The van der Waals surface area contributed by atoms with Crippen LogP contribution in [-0.2, 0) is 4.74 Å². The van der Waals surface area contributed by atoms with Gasteiger partial charge in [-0.05, 0) is 33.2 Å². The topological polar surface area (TPSA) is 24.5 Å². The molecule has 0 amide bonds. The number of hydrogen-bond acceptors (Lipinski definition) is 3. The molecule has 2 atom stereocenters. The van der Waals surface area contributed by atoms with Crippen molar-refractivity contribution >= 4 is 0 Å². The fraction of sp³-hybridized carbons (Fsp3) is 1.00. The monoisotopic (exact) mass is 214 g/mol. The van der Waals surface area contributed by atoms with Gasteiger partial charge in [-0.3, -0.25) is 0 Å². The zero-order chi connectivity index (χ0) is 11.1. The van der Waals surface area contributed by atoms with Gasteiger partial charge in [-0.15, -0.1) is 0 Å². The summed E-state index contributed by atoms with van der Waals surface area (Å²) in [6.07, 6.45) is 4.16. The third kappa shape index (κ3) is 4.96. The Kier molecular flexibility index (Phi) is 6.22. The number of hydrogen-bond donors (Lipinski definition) is 1. The van der Waals surface area contributed by atoms with E-state index < -0.39 is 0 Å². The number of nitrogens with zero attached hydrogens (tertiary/aromatic N) is 1. The van der Waals surface area contributed by atoms with Crippen LogP contribution in [0.15, 0.2) is 0 Å². The van der Waals surface area contributed by atoms with Gasteiger partial charge in [0.25, 0.3) is 0 Å². The van der Waals surface area contributed by atoms with Crippen molar-refractivity contribution in [3.05, 3.63) is 0 Å². The molecule has 1 heterocycles. The predicted molar refractivity (Wildman–Crippen MR) is 64.2 cm³/mol. The van der Waals surface area contributed by atoms with E-state index in [-0.39, 0.29) is 0 Å². The van der Waals surface area contributed by atoms with Crippen molar-refractivity contribution < 1.29 is 4.74 Å². The lowest BCUT2D eigenvalue weighted by Crippen LogP contribution is -2.37. The lowest BCUT2D eigenvalue weighted by molar-refractivity contribution is 0.109. The van der Waals surface area contributed by atoms with Crippen LogP contribution in [0.5, 0.6) is 0 Å². The molecule has 1 fully saturated rings. The summed E-state index contributed by atoms with van der Waals surface area (Å²) in [6, 6.07) is 0.689. The lowest BCUT2D eigenvalue weighted by atomic mass is 10.2. The fourth-order valence-corrected chi connectivity index (χ4v) is 1.86. The third-order valence-electron chi connectivity index (χ3n) is 3.38. The quantitative estimate of drug-likeness (QED) is 0.650. The molecule has 0 aliphatic carbocycles. The van der Waals surface area contributed by atoms with Gasteiger partial charge in [0.05, 0.1) is 6.10 Å². The summed E-state index contributed by atoms with van der Waals surface area (Å²) in [6.45, 7) is 8.69. The molecule has 0 spiro atoms. The first-order valence-electron chi connectivity index (χ1n) is 6.26. The van der Waals surface area contributed by atoms with Crippen LogP contribution in [0.1, 0.15) is 33.1 Å². The van der Waals surface area contributed by atoms with Crippen LogP contribution in [0.2, 0.25) is 0 Å². The molecule has 90 valence electrons. The summed E-state index contributed by atoms with van der Waals surface area (Å²) in [5.74, 6) is 0. The van der Waals surface area contributed by atoms with Crippen molar-refractivity contribution in [3.63, 3.8) is 0 Å². The molecule has 1 rings (SSSR count). The van der Waals surface area contributed by atoms with Gasteiger partial charge in [0.2, 0.25) is 0 Å². The molecule has 0 saturated carbocycles. The van der Waals surface area contributed by atoms with Crippen LogP contribution < -0.4 is 5.32 Å². The predicted octanol–water partition coefficient (Wildman–Crippen LogP) is 1.49. The molecule has 15 heavy (non-hydrogen) atoms. The van der Waals surface area contributed by atoms with E-state index in [9.17, 15) is 0 Å². The number of nitrogens with one attached hydrogen (secondary N) is 1. The Bertz CT molecular complexity index is 158. The summed E-state index contributed by atoms with van der Waals surface area (Å²) in [4.78, 5) is 2.41. The SMILES string of the molecule is CCC(C)N(C)CCNCC1CCCO1. The Morgan fingerprint density at radius 2 is 2.33 bits per heavy atom. The molecule has 3 heteroatoms. The van der Waals surface area contributed by atoms with Crippen molar-refractivity contribution in [2.75, 3.05) is 33.3 Å². The highest BCUT2D eigenvalue weighted by atomic mass is 16.5. The summed E-state index contributed by atoms with van der Waals surface area (Å²) in [5, 5.41) is 3.47. The van der Waals surface area contributed by atoms with Gasteiger partial charge in [0.15, 0.2) is 0 Å². The van der Waals surface area contributed by atoms with Crippen molar-refractivity contribution in [1.29, 1.82) is 0 Å². The van der Waals surface area contributed by atoms with Crippen molar-refractivity contribution in [3.8, 4) is 0 Å². The molecule has 0 aromatic carbocycles. The maximum absolute atomic E-state index is 5.55. The standard InChI is InChI=1S/C12H26N2O/c1-4-11(2)14(3)8-7-13-10-12-6-5-9-15-12/h11-13H,4-10H2,1-3H3. The zero-order valence-corrected chi connectivity index (χ0v) is 10.5. The normalized spacial score (nSPS) is 23.6. The smallest absolute Gasteiger partial charge is 0.0700 e. The van der Waals surface area contributed by atoms with Crippen LogP contribution >= 0.6 is 0 Å². The summed E-state index contributed by atoms with van der Waals surface area (Å²) < 4.78 is 5.55. The first-order chi connectivity index (χ1) is 7.24. The summed E-state index contributed by atoms with van der Waals surface area (Å²) in [7, 11) is 2.20. The zero-order valence-electron chi connectivity index (χ0n) is 10.5. The third-order valence-corrected chi connectivity index (χ3v) is 3.38. The fourth-order valence-electron chi connectivity index (χ4n) is 1.86. The van der Waals surface area contributed by atoms with Crippen molar-refractivity contribution in [2.24, 2.45) is 0 Å². The average molecular weight is 214 g/mol. The molecule has 0 bridgehead atoms. The van der Waals surface area contributed by atoms with Crippen LogP contribution in [0.4, 0.5) is 0 Å². The number of ether oxygens (including phenoxy) is 1. The summed E-state index contributed by atoms with van der Waals surface area (Å²) >= 11 is 0. The Labute approximate surface area is 94.2 Å². The van der Waals surface area contributed by atoms with E-state index in [4.69, 9.17) is 4.74 Å². The minimum absolute atomic E-state index is 0.471. The molecule has 3 nitrogen and oxygen atoms in total. The van der Waals surface area contributed by atoms with Gasteiger partial charge >= 0.3 is 0 Å². The van der Waals surface area contributed by atoms with E-state index in [0.717, 1.165) is 26.2 Å². The molecule has 1 aliphatic rings. The molecule has 0 aromatic rings. The second kappa shape index (κ2) is 7.20. The van der Waals surface area contributed by atoms with Crippen LogP contribution in [-0.4, -0.2) is 50.3 Å². The number of rotatable bonds is 7. The molecular weight excluding hydrogens is 188 g/mol. The maximum atomic E-state index is 5.55. The lowest BCUT2D eigenvalue weighted by Gasteiger charge is -2.23. The highest BCUT2D eigenvalue weighted by molar-refractivity contribution is 4.68. The van der Waals surface area contributed by atoms with Gasteiger partial charge in [0.1, 0.15) is 0 Å². The van der Waals surface area contributed by atoms with Gasteiger partial charge in [-0.25, -0.2) is 0 Å². The highest BCUT2D eigenvalue weighted by Gasteiger charge is 2.14. The van der Waals surface area contributed by atoms with E-state index in [2.05, 4.69) is 31.1 Å². The van der Waals surface area contributed by atoms with Gasteiger partial charge < -0.3 is 15.0 Å². The molecular formula is C12H26N2O. The first-order valence-corrected chi connectivity index (χ1v) is 6.26. The Hall–Kier alpha value is -0.120. The van der Waals surface area contributed by atoms with Crippen molar-refractivity contribution in [2.45, 2.75) is 45.3 Å². The first kappa shape index (κ1) is 12.9. The van der Waals surface area contributed by atoms with Crippen LogP contribution in [0.3, 0.4) is 0 Å². The Balaban J connectivity index is 1.96. The van der Waals surface area contributed by atoms with Gasteiger partial charge in [-0.2, -0.15) is 0 Å². The second-order valence-electron chi connectivity index (χ2n) is 4.58. The molecule has 1 aliphatic heterocycles. The molecule has 0 radical (unpaired) electrons. The molecule has 1 saturated heterocycles. The minimum atomic E-state index is 0.471. The molecule has 0 aromatic heterocycles. The van der Waals surface area contributed by atoms with E-state index in [1.807, 2.05) is 0 Å². The van der Waals surface area contributed by atoms with Crippen LogP contribution in [0, 0.1) is 0 Å². The van der Waals surface area contributed by atoms with E-state index in [1.165, 1.54) is 19.3 Å². The summed E-state index contributed by atoms with van der Waals surface area (Å²) in [5.41, 5.74) is 0. The van der Waals surface area contributed by atoms with E-state index in [0.29, 0.717) is 12.1 Å². The Morgan fingerprint density at radius 3 is 2.93 bits per heavy atom. The number of likely N-dealkylation sites (N-methyl/N-ethyl adjacent to an activating group) is 1. The second-order valence-corrected chi connectivity index (χ2v) is 4.58. The van der Waals surface area contributed by atoms with Crippen molar-refractivity contribution in [1.82, 2.24) is 10.2 Å². The van der Waals surface area contributed by atoms with Gasteiger partial charge in [-0.1, -0.05) is 6.92 Å². The molecule has 2 unspecified atom stereocenters.